The second-order valence-electron chi connectivity index (χ2n) is 6.63. The van der Waals surface area contributed by atoms with E-state index in [0.717, 1.165) is 44.1 Å². The Hall–Kier alpha value is -1.42. The van der Waals surface area contributed by atoms with Crippen LogP contribution in [-0.2, 0) is 10.2 Å². The van der Waals surface area contributed by atoms with Gasteiger partial charge in [-0.1, -0.05) is 18.6 Å². The first-order valence-corrected chi connectivity index (χ1v) is 7.88. The summed E-state index contributed by atoms with van der Waals surface area (Å²) in [6, 6.07) is 6.84. The van der Waals surface area contributed by atoms with Crippen molar-refractivity contribution < 1.29 is 9.18 Å². The Labute approximate surface area is 125 Å². The van der Waals surface area contributed by atoms with Crippen molar-refractivity contribution in [2.24, 2.45) is 11.7 Å². The maximum Gasteiger partial charge on any atom is 0.223 e. The van der Waals surface area contributed by atoms with Crippen molar-refractivity contribution in [2.75, 3.05) is 6.54 Å². The van der Waals surface area contributed by atoms with E-state index < -0.39 is 0 Å². The third kappa shape index (κ3) is 3.26. The second-order valence-corrected chi connectivity index (χ2v) is 6.63. The number of amides is 1. The molecular weight excluding hydrogens is 267 g/mol. The fraction of sp³-hybridized carbons (Fsp3) is 0.588. The molecule has 3 rings (SSSR count). The molecule has 0 spiro atoms. The Morgan fingerprint density at radius 3 is 2.62 bits per heavy atom. The first kappa shape index (κ1) is 14.5. The predicted octanol–water partition coefficient (Wildman–Crippen LogP) is 2.49. The summed E-state index contributed by atoms with van der Waals surface area (Å²) in [4.78, 5) is 12.3. The summed E-state index contributed by atoms with van der Waals surface area (Å²) in [7, 11) is 0. The van der Waals surface area contributed by atoms with Crippen LogP contribution in [0.15, 0.2) is 24.3 Å². The fourth-order valence-corrected chi connectivity index (χ4v) is 3.39. The topological polar surface area (TPSA) is 55.1 Å². The van der Waals surface area contributed by atoms with Crippen molar-refractivity contribution in [3.63, 3.8) is 0 Å². The van der Waals surface area contributed by atoms with Gasteiger partial charge in [-0.2, -0.15) is 0 Å². The van der Waals surface area contributed by atoms with Crippen molar-refractivity contribution in [1.29, 1.82) is 0 Å². The lowest BCUT2D eigenvalue weighted by Gasteiger charge is -2.26. The molecule has 1 amide bonds. The Bertz CT molecular complexity index is 510. The number of nitrogens with two attached hydrogens (primary N) is 1. The van der Waals surface area contributed by atoms with E-state index in [-0.39, 0.29) is 29.1 Å². The van der Waals surface area contributed by atoms with Crippen molar-refractivity contribution in [3.05, 3.63) is 35.6 Å². The van der Waals surface area contributed by atoms with Gasteiger partial charge in [-0.15, -0.1) is 0 Å². The number of halogens is 1. The molecule has 0 heterocycles. The summed E-state index contributed by atoms with van der Waals surface area (Å²) in [6.07, 6.45) is 5.94. The minimum absolute atomic E-state index is 0.0279. The molecule has 0 radical (unpaired) electrons. The zero-order chi connectivity index (χ0) is 14.9. The van der Waals surface area contributed by atoms with Gasteiger partial charge in [0.2, 0.25) is 5.91 Å². The van der Waals surface area contributed by atoms with Gasteiger partial charge in [0, 0.05) is 23.9 Å². The fourth-order valence-electron chi connectivity index (χ4n) is 3.39. The summed E-state index contributed by atoms with van der Waals surface area (Å²) in [5.74, 6) is -0.00826. The Morgan fingerprint density at radius 1 is 1.29 bits per heavy atom. The van der Waals surface area contributed by atoms with Crippen molar-refractivity contribution in [2.45, 2.75) is 50.0 Å². The Kier molecular flexibility index (Phi) is 3.98. The van der Waals surface area contributed by atoms with Gasteiger partial charge >= 0.3 is 0 Å². The van der Waals surface area contributed by atoms with Gasteiger partial charge in [0.05, 0.1) is 0 Å². The standard InChI is InChI=1S/C17H23FN2O/c18-14-6-4-13(5-7-14)17(8-9-17)11-20-16(21)12-2-1-3-15(19)10-12/h4-7,12,15H,1-3,8-11,19H2,(H,20,21). The van der Waals surface area contributed by atoms with E-state index in [1.807, 2.05) is 12.1 Å². The molecule has 2 atom stereocenters. The van der Waals surface area contributed by atoms with E-state index in [0.29, 0.717) is 6.54 Å². The van der Waals surface area contributed by atoms with E-state index in [1.165, 1.54) is 12.1 Å². The van der Waals surface area contributed by atoms with Gasteiger partial charge in [-0.3, -0.25) is 4.79 Å². The highest BCUT2D eigenvalue weighted by Crippen LogP contribution is 2.47. The van der Waals surface area contributed by atoms with E-state index in [4.69, 9.17) is 5.73 Å². The molecule has 1 aromatic carbocycles. The lowest BCUT2D eigenvalue weighted by atomic mass is 9.85. The van der Waals surface area contributed by atoms with Gasteiger partial charge in [-0.25, -0.2) is 4.39 Å². The average Bonchev–Trinajstić information content (AvgIpc) is 3.27. The molecule has 114 valence electrons. The van der Waals surface area contributed by atoms with Crippen LogP contribution in [-0.4, -0.2) is 18.5 Å². The molecule has 1 aromatic rings. The number of carbonyl (C=O) groups is 1. The SMILES string of the molecule is NC1CCCC(C(=O)NCC2(c3ccc(F)cc3)CC2)C1. The molecule has 2 aliphatic carbocycles. The summed E-state index contributed by atoms with van der Waals surface area (Å²) < 4.78 is 13.0. The van der Waals surface area contributed by atoms with Crippen LogP contribution in [0.1, 0.15) is 44.1 Å². The van der Waals surface area contributed by atoms with E-state index >= 15 is 0 Å². The summed E-state index contributed by atoms with van der Waals surface area (Å²) in [5.41, 5.74) is 7.10. The zero-order valence-corrected chi connectivity index (χ0v) is 12.3. The minimum atomic E-state index is -0.213. The highest BCUT2D eigenvalue weighted by Gasteiger charge is 2.44. The van der Waals surface area contributed by atoms with E-state index in [2.05, 4.69) is 5.32 Å². The van der Waals surface area contributed by atoms with Gasteiger partial charge in [0.1, 0.15) is 5.82 Å². The van der Waals surface area contributed by atoms with Crippen molar-refractivity contribution >= 4 is 5.91 Å². The minimum Gasteiger partial charge on any atom is -0.355 e. The molecule has 0 saturated heterocycles. The number of rotatable bonds is 4. The van der Waals surface area contributed by atoms with E-state index in [1.54, 1.807) is 0 Å². The molecule has 0 aromatic heterocycles. The highest BCUT2D eigenvalue weighted by atomic mass is 19.1. The van der Waals surface area contributed by atoms with Crippen molar-refractivity contribution in [3.8, 4) is 0 Å². The number of carbonyl (C=O) groups excluding carboxylic acids is 1. The molecule has 4 heteroatoms. The lowest BCUT2D eigenvalue weighted by molar-refractivity contribution is -0.126. The first-order chi connectivity index (χ1) is 10.1. The summed E-state index contributed by atoms with van der Waals surface area (Å²) in [5, 5.41) is 3.10. The van der Waals surface area contributed by atoms with Crippen LogP contribution in [0.25, 0.3) is 0 Å². The quantitative estimate of drug-likeness (QED) is 0.895. The Morgan fingerprint density at radius 2 is 2.00 bits per heavy atom. The van der Waals surface area contributed by atoms with Gasteiger partial charge in [-0.05, 0) is 49.8 Å². The molecule has 3 N–H and O–H groups in total. The largest absolute Gasteiger partial charge is 0.355 e. The monoisotopic (exact) mass is 290 g/mol. The molecular formula is C17H23FN2O. The van der Waals surface area contributed by atoms with Crippen LogP contribution in [0.4, 0.5) is 4.39 Å². The van der Waals surface area contributed by atoms with Crippen LogP contribution < -0.4 is 11.1 Å². The smallest absolute Gasteiger partial charge is 0.223 e. The van der Waals surface area contributed by atoms with Gasteiger partial charge in [0.25, 0.3) is 0 Å². The number of hydrogen-bond donors (Lipinski definition) is 2. The number of hydrogen-bond acceptors (Lipinski definition) is 2. The zero-order valence-electron chi connectivity index (χ0n) is 12.3. The molecule has 3 nitrogen and oxygen atoms in total. The summed E-state index contributed by atoms with van der Waals surface area (Å²) >= 11 is 0. The molecule has 0 bridgehead atoms. The third-order valence-corrected chi connectivity index (χ3v) is 5.00. The third-order valence-electron chi connectivity index (χ3n) is 5.00. The van der Waals surface area contributed by atoms with Gasteiger partial charge in [0.15, 0.2) is 0 Å². The van der Waals surface area contributed by atoms with Crippen LogP contribution >= 0.6 is 0 Å². The molecule has 2 saturated carbocycles. The van der Waals surface area contributed by atoms with E-state index in [9.17, 15) is 9.18 Å². The second kappa shape index (κ2) is 5.76. The maximum absolute atomic E-state index is 13.0. The highest BCUT2D eigenvalue weighted by molar-refractivity contribution is 5.79. The molecule has 2 fully saturated rings. The van der Waals surface area contributed by atoms with Gasteiger partial charge < -0.3 is 11.1 Å². The normalized spacial score (nSPS) is 27.1. The first-order valence-electron chi connectivity index (χ1n) is 7.88. The Balaban J connectivity index is 1.57. The van der Waals surface area contributed by atoms with Crippen LogP contribution in [0, 0.1) is 11.7 Å². The molecule has 0 aliphatic heterocycles. The summed E-state index contributed by atoms with van der Waals surface area (Å²) in [6.45, 7) is 0.656. The predicted molar refractivity (Wildman–Crippen MR) is 80.3 cm³/mol. The maximum atomic E-state index is 13.0. The molecule has 21 heavy (non-hydrogen) atoms. The van der Waals surface area contributed by atoms with Crippen LogP contribution in [0.2, 0.25) is 0 Å². The molecule has 2 aliphatic rings. The average molecular weight is 290 g/mol. The lowest BCUT2D eigenvalue weighted by Crippen LogP contribution is -2.40. The molecule has 2 unspecified atom stereocenters. The van der Waals surface area contributed by atoms with Crippen LogP contribution in [0.5, 0.6) is 0 Å². The van der Waals surface area contributed by atoms with Crippen LogP contribution in [0.3, 0.4) is 0 Å². The number of nitrogens with one attached hydrogen (secondary N) is 1. The van der Waals surface area contributed by atoms with Crippen molar-refractivity contribution in [1.82, 2.24) is 5.32 Å². The number of benzene rings is 1.